The van der Waals surface area contributed by atoms with Crippen LogP contribution in [-0.4, -0.2) is 21.5 Å². The summed E-state index contributed by atoms with van der Waals surface area (Å²) < 4.78 is 0. The first-order valence-electron chi connectivity index (χ1n) is 2.88. The van der Waals surface area contributed by atoms with Crippen LogP contribution in [0.3, 0.4) is 0 Å². The van der Waals surface area contributed by atoms with Gasteiger partial charge in [-0.15, -0.1) is 0 Å². The zero-order valence-electron chi connectivity index (χ0n) is 5.09. The number of nitrogens with one attached hydrogen (secondary N) is 2. The standard InChI is InChI=1S/C6H5N3O/c10-3-6-4-1-7-2-5(4)8-9-6/h1-3,7-8H. The Bertz CT molecular complexity index is 360. The van der Waals surface area contributed by atoms with Crippen molar-refractivity contribution in [1.29, 1.82) is 0 Å². The number of hydrogen-bond acceptors (Lipinski definition) is 2. The monoisotopic (exact) mass is 135 g/mol. The maximum atomic E-state index is 10.3. The van der Waals surface area contributed by atoms with Gasteiger partial charge in [-0.2, -0.15) is 5.10 Å². The number of hydrogen-bond donors (Lipinski definition) is 2. The molecule has 2 heterocycles. The first-order valence-corrected chi connectivity index (χ1v) is 2.88. The summed E-state index contributed by atoms with van der Waals surface area (Å²) in [5, 5.41) is 7.31. The van der Waals surface area contributed by atoms with Crippen LogP contribution in [-0.2, 0) is 0 Å². The van der Waals surface area contributed by atoms with E-state index in [9.17, 15) is 4.79 Å². The Morgan fingerprint density at radius 3 is 3.20 bits per heavy atom. The first kappa shape index (κ1) is 5.22. The third-order valence-electron chi connectivity index (χ3n) is 1.43. The third-order valence-corrected chi connectivity index (χ3v) is 1.43. The molecule has 10 heavy (non-hydrogen) atoms. The molecule has 4 heteroatoms. The Morgan fingerprint density at radius 2 is 2.40 bits per heavy atom. The number of aromatic nitrogens is 3. The highest BCUT2D eigenvalue weighted by Gasteiger charge is 2.02. The predicted molar refractivity (Wildman–Crippen MR) is 35.8 cm³/mol. The lowest BCUT2D eigenvalue weighted by atomic mass is 10.3. The van der Waals surface area contributed by atoms with Crippen molar-refractivity contribution >= 4 is 17.2 Å². The molecule has 0 aliphatic heterocycles. The van der Waals surface area contributed by atoms with Crippen LogP contribution >= 0.6 is 0 Å². The topological polar surface area (TPSA) is 61.5 Å². The number of H-pyrrole nitrogens is 2. The van der Waals surface area contributed by atoms with Crippen LogP contribution in [0, 0.1) is 0 Å². The van der Waals surface area contributed by atoms with Crippen LogP contribution in [0.25, 0.3) is 10.9 Å². The van der Waals surface area contributed by atoms with E-state index in [1.54, 1.807) is 12.4 Å². The smallest absolute Gasteiger partial charge is 0.170 e. The van der Waals surface area contributed by atoms with Gasteiger partial charge >= 0.3 is 0 Å². The molecule has 4 nitrogen and oxygen atoms in total. The number of carbonyl (C=O) groups excluding carboxylic acids is 1. The van der Waals surface area contributed by atoms with Gasteiger partial charge in [0, 0.05) is 17.8 Å². The average Bonchev–Trinajstić information content (AvgIpc) is 2.44. The number of nitrogens with zero attached hydrogens (tertiary/aromatic N) is 1. The fourth-order valence-corrected chi connectivity index (χ4v) is 0.939. The minimum absolute atomic E-state index is 0.455. The van der Waals surface area contributed by atoms with Crippen LogP contribution in [0.1, 0.15) is 10.5 Å². The molecule has 2 aromatic rings. The van der Waals surface area contributed by atoms with Crippen molar-refractivity contribution in [3.63, 3.8) is 0 Å². The van der Waals surface area contributed by atoms with Crippen molar-refractivity contribution in [2.75, 3.05) is 0 Å². The van der Waals surface area contributed by atoms with Gasteiger partial charge in [0.25, 0.3) is 0 Å². The molecule has 0 atom stereocenters. The summed E-state index contributed by atoms with van der Waals surface area (Å²) in [5.74, 6) is 0. The Hall–Kier alpha value is -1.58. The molecular formula is C6H5N3O. The predicted octanol–water partition coefficient (Wildman–Crippen LogP) is 0.703. The van der Waals surface area contributed by atoms with E-state index in [-0.39, 0.29) is 0 Å². The SMILES string of the molecule is O=Cc1n[nH]c2c[nH]cc12. The van der Waals surface area contributed by atoms with E-state index in [2.05, 4.69) is 15.2 Å². The summed E-state index contributed by atoms with van der Waals surface area (Å²) in [7, 11) is 0. The van der Waals surface area contributed by atoms with Gasteiger partial charge in [-0.1, -0.05) is 0 Å². The van der Waals surface area contributed by atoms with Crippen LogP contribution in [0.5, 0.6) is 0 Å². The molecule has 0 spiro atoms. The van der Waals surface area contributed by atoms with Crippen LogP contribution < -0.4 is 0 Å². The molecule has 0 saturated heterocycles. The Labute approximate surface area is 56.2 Å². The molecule has 0 fully saturated rings. The lowest BCUT2D eigenvalue weighted by molar-refractivity contribution is 0.112. The van der Waals surface area contributed by atoms with Gasteiger partial charge in [0.15, 0.2) is 6.29 Å². The summed E-state index contributed by atoms with van der Waals surface area (Å²) in [6.45, 7) is 0. The molecule has 0 aliphatic carbocycles. The zero-order valence-corrected chi connectivity index (χ0v) is 5.09. The molecule has 0 amide bonds. The highest BCUT2D eigenvalue weighted by atomic mass is 16.1. The Morgan fingerprint density at radius 1 is 1.50 bits per heavy atom. The van der Waals surface area contributed by atoms with Crippen molar-refractivity contribution < 1.29 is 4.79 Å². The summed E-state index contributed by atoms with van der Waals surface area (Å²) in [5.41, 5.74) is 1.32. The number of aldehydes is 1. The molecule has 0 aromatic carbocycles. The van der Waals surface area contributed by atoms with Gasteiger partial charge in [0.2, 0.25) is 0 Å². The normalized spacial score (nSPS) is 10.4. The van der Waals surface area contributed by atoms with Gasteiger partial charge in [-0.25, -0.2) is 0 Å². The van der Waals surface area contributed by atoms with Crippen LogP contribution in [0.2, 0.25) is 0 Å². The fourth-order valence-electron chi connectivity index (χ4n) is 0.939. The van der Waals surface area contributed by atoms with E-state index in [0.29, 0.717) is 5.69 Å². The number of rotatable bonds is 1. The van der Waals surface area contributed by atoms with E-state index < -0.39 is 0 Å². The third kappa shape index (κ3) is 0.500. The molecule has 2 N–H and O–H groups in total. The lowest BCUT2D eigenvalue weighted by Crippen LogP contribution is -1.77. The van der Waals surface area contributed by atoms with Crippen LogP contribution in [0.15, 0.2) is 12.4 Å². The quantitative estimate of drug-likeness (QED) is 0.565. The minimum Gasteiger partial charge on any atom is -0.365 e. The molecule has 50 valence electrons. The molecule has 0 unspecified atom stereocenters. The van der Waals surface area contributed by atoms with Gasteiger partial charge in [0.1, 0.15) is 5.69 Å². The molecule has 2 rings (SSSR count). The number of aromatic amines is 2. The van der Waals surface area contributed by atoms with E-state index >= 15 is 0 Å². The van der Waals surface area contributed by atoms with Gasteiger partial charge in [-0.3, -0.25) is 9.89 Å². The first-order chi connectivity index (χ1) is 4.92. The van der Waals surface area contributed by atoms with E-state index in [0.717, 1.165) is 17.2 Å². The second-order valence-corrected chi connectivity index (χ2v) is 2.01. The molecule has 0 radical (unpaired) electrons. The molecule has 0 saturated carbocycles. The van der Waals surface area contributed by atoms with E-state index in [1.807, 2.05) is 0 Å². The van der Waals surface area contributed by atoms with Crippen molar-refractivity contribution in [2.45, 2.75) is 0 Å². The van der Waals surface area contributed by atoms with Crippen molar-refractivity contribution in [3.8, 4) is 0 Å². The van der Waals surface area contributed by atoms with Crippen molar-refractivity contribution in [3.05, 3.63) is 18.1 Å². The van der Waals surface area contributed by atoms with E-state index in [4.69, 9.17) is 0 Å². The average molecular weight is 135 g/mol. The minimum atomic E-state index is 0.455. The zero-order chi connectivity index (χ0) is 6.97. The molecule has 2 aromatic heterocycles. The second kappa shape index (κ2) is 1.70. The van der Waals surface area contributed by atoms with Crippen LogP contribution in [0.4, 0.5) is 0 Å². The molecule has 0 bridgehead atoms. The van der Waals surface area contributed by atoms with Gasteiger partial charge in [0.05, 0.1) is 5.52 Å². The Balaban J connectivity index is 2.88. The summed E-state index contributed by atoms with van der Waals surface area (Å²) >= 11 is 0. The second-order valence-electron chi connectivity index (χ2n) is 2.01. The highest BCUT2D eigenvalue weighted by Crippen LogP contribution is 2.11. The van der Waals surface area contributed by atoms with Gasteiger partial charge in [-0.05, 0) is 0 Å². The summed E-state index contributed by atoms with van der Waals surface area (Å²) in [4.78, 5) is 13.1. The fraction of sp³-hybridized carbons (Fsp3) is 0. The number of fused-ring (bicyclic) bond motifs is 1. The van der Waals surface area contributed by atoms with E-state index in [1.165, 1.54) is 0 Å². The maximum Gasteiger partial charge on any atom is 0.170 e. The number of carbonyl (C=O) groups is 1. The highest BCUT2D eigenvalue weighted by molar-refractivity contribution is 5.94. The summed E-state index contributed by atoms with van der Waals surface area (Å²) in [6, 6.07) is 0. The lowest BCUT2D eigenvalue weighted by Gasteiger charge is -1.72. The molecule has 0 aliphatic rings. The van der Waals surface area contributed by atoms with Gasteiger partial charge < -0.3 is 4.98 Å². The molecular weight excluding hydrogens is 130 g/mol. The Kier molecular flexibility index (Phi) is 0.887. The maximum absolute atomic E-state index is 10.3. The largest absolute Gasteiger partial charge is 0.365 e. The summed E-state index contributed by atoms with van der Waals surface area (Å²) in [6.07, 6.45) is 4.23. The van der Waals surface area contributed by atoms with Crippen molar-refractivity contribution in [1.82, 2.24) is 15.2 Å². The van der Waals surface area contributed by atoms with Crippen molar-refractivity contribution in [2.24, 2.45) is 0 Å².